The van der Waals surface area contributed by atoms with Crippen molar-refractivity contribution in [3.8, 4) is 0 Å². The summed E-state index contributed by atoms with van der Waals surface area (Å²) in [5.74, 6) is -0.173. The van der Waals surface area contributed by atoms with E-state index in [0.717, 1.165) is 19.4 Å². The average molecular weight is 507 g/mol. The summed E-state index contributed by atoms with van der Waals surface area (Å²) in [6, 6.07) is -1.82. The van der Waals surface area contributed by atoms with Gasteiger partial charge in [0.15, 0.2) is 0 Å². The van der Waals surface area contributed by atoms with Crippen molar-refractivity contribution >= 4 is 30.1 Å². The molecule has 2 heterocycles. The fraction of sp³-hybridized carbons (Fsp3) is 0.808. The third kappa shape index (κ3) is 8.20. The Bertz CT molecular complexity index is 797. The van der Waals surface area contributed by atoms with E-state index in [4.69, 9.17) is 4.74 Å². The van der Waals surface area contributed by atoms with Gasteiger partial charge in [-0.05, 0) is 50.4 Å². The molecule has 0 aromatic carbocycles. The van der Waals surface area contributed by atoms with Gasteiger partial charge in [0.2, 0.25) is 17.7 Å². The molecule has 36 heavy (non-hydrogen) atoms. The van der Waals surface area contributed by atoms with E-state index < -0.39 is 24.1 Å². The van der Waals surface area contributed by atoms with Crippen LogP contribution in [0.2, 0.25) is 0 Å². The lowest BCUT2D eigenvalue weighted by Crippen LogP contribution is -2.51. The van der Waals surface area contributed by atoms with Crippen LogP contribution in [0.5, 0.6) is 0 Å². The molecule has 0 aromatic heterocycles. The van der Waals surface area contributed by atoms with Gasteiger partial charge in [0, 0.05) is 25.4 Å². The number of amides is 4. The molecule has 0 unspecified atom stereocenters. The van der Waals surface area contributed by atoms with E-state index in [1.54, 1.807) is 0 Å². The molecule has 3 aliphatic rings. The van der Waals surface area contributed by atoms with Gasteiger partial charge in [-0.15, -0.1) is 0 Å². The minimum Gasteiger partial charge on any atom is -0.447 e. The van der Waals surface area contributed by atoms with Gasteiger partial charge in [0.1, 0.15) is 18.9 Å². The van der Waals surface area contributed by atoms with Crippen LogP contribution in [0.4, 0.5) is 4.79 Å². The summed E-state index contributed by atoms with van der Waals surface area (Å²) in [5.41, 5.74) is 0. The van der Waals surface area contributed by atoms with E-state index in [2.05, 4.69) is 16.0 Å². The minimum atomic E-state index is -0.874. The zero-order valence-electron chi connectivity index (χ0n) is 21.6. The molecule has 0 radical (unpaired) electrons. The second-order valence-electron chi connectivity index (χ2n) is 10.9. The SMILES string of the molecule is CC(C)C[C@H](NC(=O)OC[C@@H]1CCC(=O)N1CC1CCCCC1)C(=O)N[C@H](C=O)C[C@@H]1CCNC1=O. The Labute approximate surface area is 213 Å². The van der Waals surface area contributed by atoms with E-state index in [-0.39, 0.29) is 42.7 Å². The van der Waals surface area contributed by atoms with Gasteiger partial charge in [-0.3, -0.25) is 14.4 Å². The molecule has 1 aliphatic carbocycles. The Balaban J connectivity index is 1.50. The number of carbonyl (C=O) groups excluding carboxylic acids is 5. The van der Waals surface area contributed by atoms with Crippen LogP contribution >= 0.6 is 0 Å². The molecule has 2 aliphatic heterocycles. The number of nitrogens with zero attached hydrogens (tertiary/aromatic N) is 1. The van der Waals surface area contributed by atoms with Crippen molar-refractivity contribution in [2.24, 2.45) is 17.8 Å². The number of ether oxygens (including phenoxy) is 1. The van der Waals surface area contributed by atoms with Crippen LogP contribution in [0.15, 0.2) is 0 Å². The zero-order valence-corrected chi connectivity index (χ0v) is 21.6. The number of carbonyl (C=O) groups is 5. The highest BCUT2D eigenvalue weighted by molar-refractivity contribution is 5.88. The number of alkyl carbamates (subject to hydrolysis) is 1. The van der Waals surface area contributed by atoms with E-state index >= 15 is 0 Å². The Morgan fingerprint density at radius 1 is 1.11 bits per heavy atom. The average Bonchev–Trinajstić information content (AvgIpc) is 3.41. The maximum atomic E-state index is 12.9. The Morgan fingerprint density at radius 2 is 1.86 bits per heavy atom. The highest BCUT2D eigenvalue weighted by Crippen LogP contribution is 2.28. The van der Waals surface area contributed by atoms with E-state index in [0.29, 0.717) is 44.4 Å². The van der Waals surface area contributed by atoms with Gasteiger partial charge in [-0.1, -0.05) is 33.1 Å². The predicted octanol–water partition coefficient (Wildman–Crippen LogP) is 1.91. The molecule has 0 spiro atoms. The minimum absolute atomic E-state index is 0.0913. The van der Waals surface area contributed by atoms with E-state index in [9.17, 15) is 24.0 Å². The van der Waals surface area contributed by atoms with Crippen LogP contribution in [0, 0.1) is 17.8 Å². The number of rotatable bonds is 12. The van der Waals surface area contributed by atoms with Gasteiger partial charge in [-0.2, -0.15) is 0 Å². The normalized spacial score (nSPS) is 24.4. The van der Waals surface area contributed by atoms with Crippen molar-refractivity contribution in [1.82, 2.24) is 20.9 Å². The van der Waals surface area contributed by atoms with Crippen molar-refractivity contribution < 1.29 is 28.7 Å². The second kappa shape index (κ2) is 13.6. The van der Waals surface area contributed by atoms with Gasteiger partial charge in [-0.25, -0.2) is 4.79 Å². The highest BCUT2D eigenvalue weighted by atomic mass is 16.5. The highest BCUT2D eigenvalue weighted by Gasteiger charge is 2.34. The fourth-order valence-corrected chi connectivity index (χ4v) is 5.53. The van der Waals surface area contributed by atoms with E-state index in [1.807, 2.05) is 18.7 Å². The van der Waals surface area contributed by atoms with Gasteiger partial charge >= 0.3 is 6.09 Å². The molecule has 4 atom stereocenters. The first-order valence-corrected chi connectivity index (χ1v) is 13.5. The van der Waals surface area contributed by atoms with Gasteiger partial charge < -0.3 is 30.4 Å². The number of nitrogens with one attached hydrogen (secondary N) is 3. The summed E-state index contributed by atoms with van der Waals surface area (Å²) in [6.07, 6.45) is 8.19. The van der Waals surface area contributed by atoms with Crippen molar-refractivity contribution in [3.63, 3.8) is 0 Å². The first kappa shape index (κ1) is 27.9. The number of hydrogen-bond donors (Lipinski definition) is 3. The van der Waals surface area contributed by atoms with Crippen LogP contribution in [0.25, 0.3) is 0 Å². The lowest BCUT2D eigenvalue weighted by atomic mass is 9.89. The Morgan fingerprint density at radius 3 is 2.50 bits per heavy atom. The summed E-state index contributed by atoms with van der Waals surface area (Å²) in [7, 11) is 0. The number of hydrogen-bond acceptors (Lipinski definition) is 6. The Kier molecular flexibility index (Phi) is 10.6. The molecular weight excluding hydrogens is 464 g/mol. The molecule has 4 amide bonds. The second-order valence-corrected chi connectivity index (χ2v) is 10.9. The third-order valence-corrected chi connectivity index (χ3v) is 7.55. The fourth-order valence-electron chi connectivity index (χ4n) is 5.53. The summed E-state index contributed by atoms with van der Waals surface area (Å²) < 4.78 is 5.46. The van der Waals surface area contributed by atoms with Gasteiger partial charge in [0.25, 0.3) is 0 Å². The summed E-state index contributed by atoms with van der Waals surface area (Å²) in [4.78, 5) is 63.2. The molecule has 1 saturated carbocycles. The Hall–Kier alpha value is -2.65. The first-order valence-electron chi connectivity index (χ1n) is 13.5. The molecule has 0 bridgehead atoms. The maximum absolute atomic E-state index is 12.9. The standard InChI is InChI=1S/C26H42N4O6/c1-17(2)12-22(25(34)28-20(15-31)13-19-10-11-27-24(19)33)29-26(35)36-16-21-8-9-23(32)30(21)14-18-6-4-3-5-7-18/h15,17-22H,3-14,16H2,1-2H3,(H,27,33)(H,28,34)(H,29,35)/t19-,20-,21-,22-/m0/s1. The topological polar surface area (TPSA) is 134 Å². The number of likely N-dealkylation sites (tertiary alicyclic amines) is 1. The summed E-state index contributed by atoms with van der Waals surface area (Å²) in [5, 5.41) is 8.04. The molecule has 3 rings (SSSR count). The smallest absolute Gasteiger partial charge is 0.407 e. The van der Waals surface area contributed by atoms with Crippen LogP contribution in [0.3, 0.4) is 0 Å². The predicted molar refractivity (Wildman–Crippen MR) is 133 cm³/mol. The van der Waals surface area contributed by atoms with Crippen LogP contribution < -0.4 is 16.0 Å². The zero-order chi connectivity index (χ0) is 26.1. The van der Waals surface area contributed by atoms with Crippen LogP contribution in [0.1, 0.15) is 78.1 Å². The summed E-state index contributed by atoms with van der Waals surface area (Å²) >= 11 is 0. The quantitative estimate of drug-likeness (QED) is 0.346. The first-order chi connectivity index (χ1) is 17.3. The molecule has 10 nitrogen and oxygen atoms in total. The lowest BCUT2D eigenvalue weighted by Gasteiger charge is -2.31. The monoisotopic (exact) mass is 506 g/mol. The van der Waals surface area contributed by atoms with E-state index in [1.165, 1.54) is 19.3 Å². The largest absolute Gasteiger partial charge is 0.447 e. The molecule has 0 aromatic rings. The van der Waals surface area contributed by atoms with Gasteiger partial charge in [0.05, 0.1) is 12.1 Å². The maximum Gasteiger partial charge on any atom is 0.407 e. The third-order valence-electron chi connectivity index (χ3n) is 7.55. The molecule has 3 N–H and O–H groups in total. The van der Waals surface area contributed by atoms with Crippen molar-refractivity contribution in [1.29, 1.82) is 0 Å². The van der Waals surface area contributed by atoms with Crippen molar-refractivity contribution in [3.05, 3.63) is 0 Å². The summed E-state index contributed by atoms with van der Waals surface area (Å²) in [6.45, 7) is 5.24. The molecule has 2 saturated heterocycles. The van der Waals surface area contributed by atoms with Crippen molar-refractivity contribution in [2.45, 2.75) is 96.2 Å². The molecule has 10 heteroatoms. The van der Waals surface area contributed by atoms with Crippen LogP contribution in [-0.2, 0) is 23.9 Å². The number of aldehydes is 1. The molecular formula is C26H42N4O6. The van der Waals surface area contributed by atoms with Crippen molar-refractivity contribution in [2.75, 3.05) is 19.7 Å². The lowest BCUT2D eigenvalue weighted by molar-refractivity contribution is -0.130. The molecule has 3 fully saturated rings. The van der Waals surface area contributed by atoms with Crippen LogP contribution in [-0.4, -0.2) is 72.8 Å². The molecule has 202 valence electrons.